The molecule has 27 heavy (non-hydrogen) atoms. The van der Waals surface area contributed by atoms with Crippen LogP contribution in [0.5, 0.6) is 5.75 Å². The maximum atomic E-state index is 12.9. The molecule has 4 rings (SSSR count). The van der Waals surface area contributed by atoms with Gasteiger partial charge >= 0.3 is 6.03 Å². The number of methoxy groups -OCH3 is 1. The largest absolute Gasteiger partial charge is 0.496 e. The minimum absolute atomic E-state index is 0.00512. The summed E-state index contributed by atoms with van der Waals surface area (Å²) >= 11 is 0. The van der Waals surface area contributed by atoms with Crippen molar-refractivity contribution in [3.05, 3.63) is 72.8 Å². The van der Waals surface area contributed by atoms with Crippen LogP contribution in [0, 0.1) is 0 Å². The number of carbonyl (C=O) groups excluding carboxylic acids is 1. The van der Waals surface area contributed by atoms with Crippen molar-refractivity contribution in [2.75, 3.05) is 25.1 Å². The molecule has 3 aromatic rings. The van der Waals surface area contributed by atoms with Crippen LogP contribution in [0.2, 0.25) is 0 Å². The van der Waals surface area contributed by atoms with Crippen LogP contribution in [0.1, 0.15) is 5.56 Å². The highest BCUT2D eigenvalue weighted by Crippen LogP contribution is 2.34. The Bertz CT molecular complexity index is 931. The first-order chi connectivity index (χ1) is 13.3. The highest BCUT2D eigenvalue weighted by atomic mass is 16.5. The average molecular weight is 360 g/mol. The number of carbonyl (C=O) groups is 1. The topological polar surface area (TPSA) is 58.6 Å². The molecular weight excluding hydrogens is 340 g/mol. The molecule has 0 radical (unpaired) electrons. The third-order valence-electron chi connectivity index (χ3n) is 4.71. The Morgan fingerprint density at radius 3 is 2.37 bits per heavy atom. The molecule has 1 aliphatic rings. The van der Waals surface area contributed by atoms with Gasteiger partial charge in [0.25, 0.3) is 0 Å². The van der Waals surface area contributed by atoms with Crippen LogP contribution in [0.3, 0.4) is 0 Å². The summed E-state index contributed by atoms with van der Waals surface area (Å²) in [4.78, 5) is 24.6. The monoisotopic (exact) mass is 360 g/mol. The number of hydrogen-bond donors (Lipinski definition) is 0. The maximum absolute atomic E-state index is 12.9. The summed E-state index contributed by atoms with van der Waals surface area (Å²) < 4.78 is 5.58. The van der Waals surface area contributed by atoms with Gasteiger partial charge < -0.3 is 9.64 Å². The van der Waals surface area contributed by atoms with Crippen LogP contribution in [0.15, 0.2) is 67.3 Å². The van der Waals surface area contributed by atoms with Crippen LogP contribution in [-0.2, 0) is 6.54 Å². The molecule has 1 aliphatic heterocycles. The number of ether oxygens (including phenoxy) is 1. The van der Waals surface area contributed by atoms with Gasteiger partial charge in [-0.05, 0) is 47.5 Å². The van der Waals surface area contributed by atoms with Crippen LogP contribution in [0.4, 0.5) is 10.5 Å². The van der Waals surface area contributed by atoms with Crippen molar-refractivity contribution < 1.29 is 9.53 Å². The van der Waals surface area contributed by atoms with Gasteiger partial charge in [0.15, 0.2) is 0 Å². The molecule has 0 saturated carbocycles. The zero-order valence-electron chi connectivity index (χ0n) is 15.1. The number of rotatable bonds is 5. The van der Waals surface area contributed by atoms with Crippen molar-refractivity contribution in [2.45, 2.75) is 6.54 Å². The first-order valence-electron chi connectivity index (χ1n) is 8.80. The van der Waals surface area contributed by atoms with Crippen molar-refractivity contribution in [1.29, 1.82) is 0 Å². The number of hydrogen-bond acceptors (Lipinski definition) is 4. The van der Waals surface area contributed by atoms with Gasteiger partial charge in [0, 0.05) is 61.7 Å². The molecule has 3 heterocycles. The quantitative estimate of drug-likeness (QED) is 0.698. The molecular formula is C21H20N4O2. The molecule has 136 valence electrons. The summed E-state index contributed by atoms with van der Waals surface area (Å²) in [5, 5.41) is 0. The summed E-state index contributed by atoms with van der Waals surface area (Å²) in [6, 6.07) is 13.6. The number of amides is 2. The van der Waals surface area contributed by atoms with Crippen LogP contribution < -0.4 is 9.64 Å². The Morgan fingerprint density at radius 2 is 1.67 bits per heavy atom. The molecule has 2 amide bonds. The fraction of sp³-hybridized carbons (Fsp3) is 0.190. The fourth-order valence-electron chi connectivity index (χ4n) is 3.30. The van der Waals surface area contributed by atoms with Crippen LogP contribution in [0.25, 0.3) is 11.1 Å². The SMILES string of the molecule is COc1cc(N2CCN(Cc3ccncc3)C2=O)ccc1-c1ccncc1. The second kappa shape index (κ2) is 7.45. The minimum atomic E-state index is 0.00512. The fourth-order valence-corrected chi connectivity index (χ4v) is 3.30. The van der Waals surface area contributed by atoms with E-state index in [1.807, 2.05) is 47.4 Å². The molecule has 0 atom stereocenters. The number of nitrogens with zero attached hydrogens (tertiary/aromatic N) is 4. The van der Waals surface area contributed by atoms with Crippen molar-refractivity contribution >= 4 is 11.7 Å². The smallest absolute Gasteiger partial charge is 0.324 e. The summed E-state index contributed by atoms with van der Waals surface area (Å²) in [6.07, 6.45) is 7.00. The van der Waals surface area contributed by atoms with Crippen LogP contribution >= 0.6 is 0 Å². The van der Waals surface area contributed by atoms with E-state index >= 15 is 0 Å². The predicted octanol–water partition coefficient (Wildman–Crippen LogP) is 3.59. The number of pyridine rings is 2. The highest BCUT2D eigenvalue weighted by Gasteiger charge is 2.30. The van der Waals surface area contributed by atoms with Gasteiger partial charge in [0.1, 0.15) is 5.75 Å². The lowest BCUT2D eigenvalue weighted by Crippen LogP contribution is -2.31. The van der Waals surface area contributed by atoms with E-state index in [4.69, 9.17) is 4.74 Å². The molecule has 0 N–H and O–H groups in total. The van der Waals surface area contributed by atoms with E-state index in [1.165, 1.54) is 0 Å². The Labute approximate surface area is 158 Å². The minimum Gasteiger partial charge on any atom is -0.496 e. The van der Waals surface area contributed by atoms with E-state index in [1.54, 1.807) is 36.8 Å². The van der Waals surface area contributed by atoms with E-state index < -0.39 is 0 Å². The van der Waals surface area contributed by atoms with Crippen molar-refractivity contribution in [3.63, 3.8) is 0 Å². The lowest BCUT2D eigenvalue weighted by atomic mass is 10.1. The summed E-state index contributed by atoms with van der Waals surface area (Å²) in [7, 11) is 1.64. The van der Waals surface area contributed by atoms with E-state index in [0.29, 0.717) is 19.6 Å². The number of aromatic nitrogens is 2. The molecule has 0 spiro atoms. The van der Waals surface area contributed by atoms with Gasteiger partial charge in [-0.3, -0.25) is 14.9 Å². The summed E-state index contributed by atoms with van der Waals surface area (Å²) in [6.45, 7) is 1.93. The summed E-state index contributed by atoms with van der Waals surface area (Å²) in [5.41, 5.74) is 3.92. The second-order valence-corrected chi connectivity index (χ2v) is 6.33. The molecule has 6 heteroatoms. The van der Waals surface area contributed by atoms with Crippen molar-refractivity contribution in [1.82, 2.24) is 14.9 Å². The normalized spacial score (nSPS) is 13.9. The second-order valence-electron chi connectivity index (χ2n) is 6.33. The van der Waals surface area contributed by atoms with E-state index in [9.17, 15) is 4.79 Å². The zero-order valence-corrected chi connectivity index (χ0v) is 15.1. The zero-order chi connectivity index (χ0) is 18.6. The molecule has 0 bridgehead atoms. The van der Waals surface area contributed by atoms with Gasteiger partial charge in [-0.25, -0.2) is 4.79 Å². The van der Waals surface area contributed by atoms with Gasteiger partial charge in [-0.1, -0.05) is 0 Å². The molecule has 2 aromatic heterocycles. The predicted molar refractivity (Wildman–Crippen MR) is 104 cm³/mol. The Morgan fingerprint density at radius 1 is 0.963 bits per heavy atom. The first kappa shape index (κ1) is 17.0. The maximum Gasteiger partial charge on any atom is 0.324 e. The lowest BCUT2D eigenvalue weighted by molar-refractivity contribution is 0.218. The summed E-state index contributed by atoms with van der Waals surface area (Å²) in [5.74, 6) is 0.735. The molecule has 6 nitrogen and oxygen atoms in total. The Kier molecular flexibility index (Phi) is 4.70. The van der Waals surface area contributed by atoms with Gasteiger partial charge in [-0.2, -0.15) is 0 Å². The molecule has 1 saturated heterocycles. The third kappa shape index (κ3) is 3.46. The standard InChI is InChI=1S/C21H20N4O2/c1-27-20-14-18(2-3-19(20)17-6-10-23-11-7-17)25-13-12-24(21(25)26)15-16-4-8-22-9-5-16/h2-11,14H,12-13,15H2,1H3. The van der Waals surface area contributed by atoms with Crippen molar-refractivity contribution in [2.24, 2.45) is 0 Å². The molecule has 0 aliphatic carbocycles. The Balaban J connectivity index is 1.56. The number of urea groups is 1. The third-order valence-corrected chi connectivity index (χ3v) is 4.71. The first-order valence-corrected chi connectivity index (χ1v) is 8.80. The average Bonchev–Trinajstić information content (AvgIpc) is 3.09. The number of anilines is 1. The van der Waals surface area contributed by atoms with E-state index in [0.717, 1.165) is 28.1 Å². The number of benzene rings is 1. The van der Waals surface area contributed by atoms with E-state index in [2.05, 4.69) is 9.97 Å². The van der Waals surface area contributed by atoms with Crippen molar-refractivity contribution in [3.8, 4) is 16.9 Å². The van der Waals surface area contributed by atoms with Gasteiger partial charge in [0.05, 0.1) is 7.11 Å². The van der Waals surface area contributed by atoms with Gasteiger partial charge in [0.2, 0.25) is 0 Å². The molecule has 0 unspecified atom stereocenters. The van der Waals surface area contributed by atoms with Crippen LogP contribution in [-0.4, -0.2) is 41.1 Å². The lowest BCUT2D eigenvalue weighted by Gasteiger charge is -2.20. The molecule has 1 fully saturated rings. The Hall–Kier alpha value is -3.41. The van der Waals surface area contributed by atoms with Gasteiger partial charge in [-0.15, -0.1) is 0 Å². The van der Waals surface area contributed by atoms with E-state index in [-0.39, 0.29) is 6.03 Å². The molecule has 1 aromatic carbocycles. The highest BCUT2D eigenvalue weighted by molar-refractivity contribution is 5.95.